The highest BCUT2D eigenvalue weighted by molar-refractivity contribution is 5.81. The highest BCUT2D eigenvalue weighted by atomic mass is 16.5. The van der Waals surface area contributed by atoms with E-state index in [2.05, 4.69) is 11.4 Å². The van der Waals surface area contributed by atoms with Gasteiger partial charge in [0.15, 0.2) is 6.61 Å². The van der Waals surface area contributed by atoms with Gasteiger partial charge in [0.1, 0.15) is 5.75 Å². The van der Waals surface area contributed by atoms with Gasteiger partial charge in [-0.25, -0.2) is 0 Å². The first-order chi connectivity index (χ1) is 13.1. The van der Waals surface area contributed by atoms with E-state index in [1.807, 2.05) is 49.4 Å². The van der Waals surface area contributed by atoms with Crippen LogP contribution in [-0.4, -0.2) is 25.1 Å². The van der Waals surface area contributed by atoms with Crippen LogP contribution in [0.5, 0.6) is 5.75 Å². The topological polar surface area (TPSA) is 64.6 Å². The Morgan fingerprint density at radius 3 is 2.74 bits per heavy atom. The standard InChI is InChI=1S/C22H25NO4/c1-16-7-2-5-12-20(16)26-14-13-22(25)27-15-21(24)23-19-11-6-9-17-8-3-4-10-18(17)19/h2-5,7-8,10,12,19H,6,9,11,13-15H2,1H3,(H,23,24)/t19-/m1/s1. The Morgan fingerprint density at radius 2 is 1.89 bits per heavy atom. The molecule has 0 aromatic heterocycles. The van der Waals surface area contributed by atoms with Crippen LogP contribution in [0, 0.1) is 6.92 Å². The molecule has 5 heteroatoms. The molecular formula is C22H25NO4. The number of esters is 1. The molecule has 1 amide bonds. The molecule has 1 atom stereocenters. The third-order valence-corrected chi connectivity index (χ3v) is 4.73. The number of fused-ring (bicyclic) bond motifs is 1. The van der Waals surface area contributed by atoms with E-state index in [1.54, 1.807) is 0 Å². The first-order valence-corrected chi connectivity index (χ1v) is 9.34. The molecule has 1 N–H and O–H groups in total. The summed E-state index contributed by atoms with van der Waals surface area (Å²) in [6, 6.07) is 15.8. The normalized spacial score (nSPS) is 15.5. The molecule has 0 spiro atoms. The SMILES string of the molecule is Cc1ccccc1OCCC(=O)OCC(=O)N[C@@H]1CCCc2ccccc21. The van der Waals surface area contributed by atoms with Crippen LogP contribution in [0.4, 0.5) is 0 Å². The van der Waals surface area contributed by atoms with Crippen LogP contribution in [0.15, 0.2) is 48.5 Å². The van der Waals surface area contributed by atoms with Gasteiger partial charge in [0.2, 0.25) is 0 Å². The van der Waals surface area contributed by atoms with E-state index in [4.69, 9.17) is 9.47 Å². The van der Waals surface area contributed by atoms with Crippen LogP contribution in [0.2, 0.25) is 0 Å². The number of hydrogen-bond acceptors (Lipinski definition) is 4. The Labute approximate surface area is 159 Å². The zero-order chi connectivity index (χ0) is 19.1. The lowest BCUT2D eigenvalue weighted by molar-refractivity contribution is -0.149. The summed E-state index contributed by atoms with van der Waals surface area (Å²) in [7, 11) is 0. The maximum atomic E-state index is 12.1. The van der Waals surface area contributed by atoms with Gasteiger partial charge < -0.3 is 14.8 Å². The minimum atomic E-state index is -0.442. The summed E-state index contributed by atoms with van der Waals surface area (Å²) in [5.74, 6) is 0.0339. The lowest BCUT2D eigenvalue weighted by Crippen LogP contribution is -2.34. The maximum absolute atomic E-state index is 12.1. The van der Waals surface area contributed by atoms with E-state index in [0.29, 0.717) is 0 Å². The average molecular weight is 367 g/mol. The van der Waals surface area contributed by atoms with E-state index in [1.165, 1.54) is 5.56 Å². The Morgan fingerprint density at radius 1 is 1.11 bits per heavy atom. The van der Waals surface area contributed by atoms with Gasteiger partial charge in [-0.2, -0.15) is 0 Å². The molecule has 142 valence electrons. The first kappa shape index (κ1) is 19.0. The van der Waals surface area contributed by atoms with Crippen molar-refractivity contribution in [3.05, 3.63) is 65.2 Å². The largest absolute Gasteiger partial charge is 0.493 e. The monoisotopic (exact) mass is 367 g/mol. The number of nitrogens with one attached hydrogen (secondary N) is 1. The second-order valence-corrected chi connectivity index (χ2v) is 6.74. The molecular weight excluding hydrogens is 342 g/mol. The molecule has 2 aromatic rings. The summed E-state index contributed by atoms with van der Waals surface area (Å²) >= 11 is 0. The van der Waals surface area contributed by atoms with E-state index in [9.17, 15) is 9.59 Å². The van der Waals surface area contributed by atoms with Crippen molar-refractivity contribution in [2.45, 2.75) is 38.6 Å². The number of para-hydroxylation sites is 1. The van der Waals surface area contributed by atoms with Crippen molar-refractivity contribution in [2.75, 3.05) is 13.2 Å². The molecule has 1 aliphatic carbocycles. The number of hydrogen-bond donors (Lipinski definition) is 1. The van der Waals surface area contributed by atoms with Gasteiger partial charge in [0, 0.05) is 0 Å². The summed E-state index contributed by atoms with van der Waals surface area (Å²) < 4.78 is 10.6. The minimum Gasteiger partial charge on any atom is -0.493 e. The lowest BCUT2D eigenvalue weighted by atomic mass is 9.88. The predicted octanol–water partition coefficient (Wildman–Crippen LogP) is 3.50. The van der Waals surface area contributed by atoms with Crippen LogP contribution in [-0.2, 0) is 20.7 Å². The molecule has 3 rings (SSSR count). The van der Waals surface area contributed by atoms with E-state index in [0.717, 1.165) is 36.1 Å². The van der Waals surface area contributed by atoms with Gasteiger partial charge in [-0.1, -0.05) is 42.5 Å². The zero-order valence-corrected chi connectivity index (χ0v) is 15.6. The summed E-state index contributed by atoms with van der Waals surface area (Å²) in [5.41, 5.74) is 3.45. The second-order valence-electron chi connectivity index (χ2n) is 6.74. The molecule has 5 nitrogen and oxygen atoms in total. The van der Waals surface area contributed by atoms with Crippen molar-refractivity contribution >= 4 is 11.9 Å². The molecule has 0 bridgehead atoms. The van der Waals surface area contributed by atoms with Gasteiger partial charge in [-0.3, -0.25) is 9.59 Å². The minimum absolute atomic E-state index is 0.00876. The quantitative estimate of drug-likeness (QED) is 0.761. The van der Waals surface area contributed by atoms with Crippen LogP contribution in [0.3, 0.4) is 0 Å². The van der Waals surface area contributed by atoms with E-state index in [-0.39, 0.29) is 31.6 Å². The van der Waals surface area contributed by atoms with Crippen molar-refractivity contribution in [3.8, 4) is 5.75 Å². The van der Waals surface area contributed by atoms with Gasteiger partial charge >= 0.3 is 5.97 Å². The molecule has 27 heavy (non-hydrogen) atoms. The molecule has 0 saturated carbocycles. The summed E-state index contributed by atoms with van der Waals surface area (Å²) in [4.78, 5) is 24.0. The predicted molar refractivity (Wildman–Crippen MR) is 103 cm³/mol. The number of carbonyl (C=O) groups is 2. The van der Waals surface area contributed by atoms with Crippen molar-refractivity contribution in [2.24, 2.45) is 0 Å². The summed E-state index contributed by atoms with van der Waals surface area (Å²) in [6.45, 7) is 1.91. The molecule has 0 saturated heterocycles. The number of benzene rings is 2. The molecule has 0 radical (unpaired) electrons. The summed E-state index contributed by atoms with van der Waals surface area (Å²) in [6.07, 6.45) is 3.09. The fourth-order valence-electron chi connectivity index (χ4n) is 3.32. The maximum Gasteiger partial charge on any atom is 0.309 e. The number of ether oxygens (including phenoxy) is 2. The first-order valence-electron chi connectivity index (χ1n) is 9.34. The zero-order valence-electron chi connectivity index (χ0n) is 15.6. The van der Waals surface area contributed by atoms with Crippen LogP contribution >= 0.6 is 0 Å². The number of carbonyl (C=O) groups excluding carboxylic acids is 2. The van der Waals surface area contributed by atoms with Crippen molar-refractivity contribution in [3.63, 3.8) is 0 Å². The second kappa shape index (κ2) is 9.21. The molecule has 1 aliphatic rings. The lowest BCUT2D eigenvalue weighted by Gasteiger charge is -2.26. The van der Waals surface area contributed by atoms with Gasteiger partial charge in [0.05, 0.1) is 19.1 Å². The summed E-state index contributed by atoms with van der Waals surface area (Å²) in [5, 5.41) is 2.97. The molecule has 0 heterocycles. The van der Waals surface area contributed by atoms with Crippen LogP contribution in [0.25, 0.3) is 0 Å². The van der Waals surface area contributed by atoms with Crippen LogP contribution < -0.4 is 10.1 Å². The van der Waals surface area contributed by atoms with Gasteiger partial charge in [-0.05, 0) is 48.9 Å². The fourth-order valence-corrected chi connectivity index (χ4v) is 3.32. The van der Waals surface area contributed by atoms with Crippen molar-refractivity contribution < 1.29 is 19.1 Å². The molecule has 0 fully saturated rings. The number of aryl methyl sites for hydroxylation is 2. The Balaban J connectivity index is 1.39. The average Bonchev–Trinajstić information content (AvgIpc) is 2.68. The highest BCUT2D eigenvalue weighted by Crippen LogP contribution is 2.29. The number of rotatable bonds is 7. The Kier molecular flexibility index (Phi) is 6.47. The Hall–Kier alpha value is -2.82. The van der Waals surface area contributed by atoms with Crippen molar-refractivity contribution in [1.29, 1.82) is 0 Å². The fraction of sp³-hybridized carbons (Fsp3) is 0.364. The number of amides is 1. The smallest absolute Gasteiger partial charge is 0.309 e. The third-order valence-electron chi connectivity index (χ3n) is 4.73. The molecule has 2 aromatic carbocycles. The third kappa shape index (κ3) is 5.33. The molecule has 0 aliphatic heterocycles. The Bertz CT molecular complexity index is 802. The highest BCUT2D eigenvalue weighted by Gasteiger charge is 2.21. The van der Waals surface area contributed by atoms with Gasteiger partial charge in [0.25, 0.3) is 5.91 Å². The van der Waals surface area contributed by atoms with E-state index < -0.39 is 5.97 Å². The van der Waals surface area contributed by atoms with Gasteiger partial charge in [-0.15, -0.1) is 0 Å². The van der Waals surface area contributed by atoms with Crippen molar-refractivity contribution in [1.82, 2.24) is 5.32 Å². The molecule has 0 unspecified atom stereocenters. The van der Waals surface area contributed by atoms with E-state index >= 15 is 0 Å². The van der Waals surface area contributed by atoms with Crippen LogP contribution in [0.1, 0.15) is 42.0 Å².